The van der Waals surface area contributed by atoms with Gasteiger partial charge in [0.1, 0.15) is 10.8 Å². The number of aromatic nitrogens is 1. The zero-order valence-corrected chi connectivity index (χ0v) is 12.0. The Balaban J connectivity index is 2.16. The smallest absolute Gasteiger partial charge is 0.129 e. The second-order valence-electron chi connectivity index (χ2n) is 4.31. The SMILES string of the molecule is COc1ccccc1-c1nc(CN(C)CCO)cs1. The lowest BCUT2D eigenvalue weighted by Crippen LogP contribution is -2.21. The topological polar surface area (TPSA) is 45.6 Å². The molecule has 0 bridgehead atoms. The number of aliphatic hydroxyl groups excluding tert-OH is 1. The first-order valence-corrected chi connectivity index (χ1v) is 6.99. The first kappa shape index (κ1) is 14.0. The molecule has 1 aromatic carbocycles. The summed E-state index contributed by atoms with van der Waals surface area (Å²) in [6.45, 7) is 1.56. The fourth-order valence-electron chi connectivity index (χ4n) is 1.85. The summed E-state index contributed by atoms with van der Waals surface area (Å²) >= 11 is 1.61. The number of likely N-dealkylation sites (N-methyl/N-ethyl adjacent to an activating group) is 1. The third-order valence-electron chi connectivity index (χ3n) is 2.80. The highest BCUT2D eigenvalue weighted by atomic mass is 32.1. The molecule has 0 saturated heterocycles. The molecule has 2 rings (SSSR count). The Hall–Kier alpha value is -1.43. The average Bonchev–Trinajstić information content (AvgIpc) is 2.87. The van der Waals surface area contributed by atoms with E-state index in [1.54, 1.807) is 18.4 Å². The van der Waals surface area contributed by atoms with Crippen LogP contribution in [0.4, 0.5) is 0 Å². The van der Waals surface area contributed by atoms with Gasteiger partial charge in [-0.2, -0.15) is 0 Å². The largest absolute Gasteiger partial charge is 0.496 e. The molecular weight excluding hydrogens is 260 g/mol. The van der Waals surface area contributed by atoms with E-state index in [0.29, 0.717) is 6.54 Å². The Morgan fingerprint density at radius 2 is 2.16 bits per heavy atom. The minimum atomic E-state index is 0.167. The lowest BCUT2D eigenvalue weighted by molar-refractivity contribution is 0.216. The Morgan fingerprint density at radius 3 is 2.89 bits per heavy atom. The number of thiazole rings is 1. The van der Waals surface area contributed by atoms with Crippen LogP contribution in [0.25, 0.3) is 10.6 Å². The molecular formula is C14H18N2O2S. The predicted molar refractivity (Wildman–Crippen MR) is 77.5 cm³/mol. The molecule has 0 spiro atoms. The summed E-state index contributed by atoms with van der Waals surface area (Å²) in [6, 6.07) is 7.88. The van der Waals surface area contributed by atoms with Crippen molar-refractivity contribution in [3.8, 4) is 16.3 Å². The monoisotopic (exact) mass is 278 g/mol. The van der Waals surface area contributed by atoms with Crippen molar-refractivity contribution in [2.24, 2.45) is 0 Å². The third kappa shape index (κ3) is 3.53. The maximum Gasteiger partial charge on any atom is 0.129 e. The van der Waals surface area contributed by atoms with Crippen LogP contribution in [0, 0.1) is 0 Å². The number of methoxy groups -OCH3 is 1. The summed E-state index contributed by atoms with van der Waals surface area (Å²) in [7, 11) is 3.64. The fourth-order valence-corrected chi connectivity index (χ4v) is 2.69. The predicted octanol–water partition coefficient (Wildman–Crippen LogP) is 2.24. The molecule has 0 aliphatic rings. The van der Waals surface area contributed by atoms with Gasteiger partial charge in [-0.05, 0) is 19.2 Å². The summed E-state index contributed by atoms with van der Waals surface area (Å²) in [5, 5.41) is 11.9. The number of ether oxygens (including phenoxy) is 1. The van der Waals surface area contributed by atoms with Gasteiger partial charge in [-0.3, -0.25) is 4.90 Å². The van der Waals surface area contributed by atoms with Gasteiger partial charge in [0, 0.05) is 18.5 Å². The Morgan fingerprint density at radius 1 is 1.37 bits per heavy atom. The van der Waals surface area contributed by atoms with Crippen LogP contribution in [0.15, 0.2) is 29.6 Å². The minimum absolute atomic E-state index is 0.167. The highest BCUT2D eigenvalue weighted by Crippen LogP contribution is 2.31. The van der Waals surface area contributed by atoms with Crippen molar-refractivity contribution in [1.82, 2.24) is 9.88 Å². The van der Waals surface area contributed by atoms with Gasteiger partial charge in [-0.25, -0.2) is 4.98 Å². The van der Waals surface area contributed by atoms with Gasteiger partial charge in [0.05, 0.1) is 25.0 Å². The number of hydrogen-bond acceptors (Lipinski definition) is 5. The zero-order chi connectivity index (χ0) is 13.7. The van der Waals surface area contributed by atoms with Crippen LogP contribution in [-0.2, 0) is 6.54 Å². The van der Waals surface area contributed by atoms with E-state index in [1.807, 2.05) is 36.2 Å². The average molecular weight is 278 g/mol. The molecule has 0 fully saturated rings. The number of hydrogen-bond donors (Lipinski definition) is 1. The van der Waals surface area contributed by atoms with E-state index < -0.39 is 0 Å². The van der Waals surface area contributed by atoms with Crippen LogP contribution in [0.2, 0.25) is 0 Å². The van der Waals surface area contributed by atoms with Gasteiger partial charge >= 0.3 is 0 Å². The normalized spacial score (nSPS) is 10.9. The molecule has 1 heterocycles. The van der Waals surface area contributed by atoms with E-state index in [9.17, 15) is 0 Å². The molecule has 4 nitrogen and oxygen atoms in total. The van der Waals surface area contributed by atoms with Crippen LogP contribution >= 0.6 is 11.3 Å². The molecule has 0 aliphatic carbocycles. The van der Waals surface area contributed by atoms with E-state index in [1.165, 1.54) is 0 Å². The molecule has 0 saturated carbocycles. The van der Waals surface area contributed by atoms with E-state index >= 15 is 0 Å². The van der Waals surface area contributed by atoms with Crippen molar-refractivity contribution in [3.05, 3.63) is 35.3 Å². The molecule has 5 heteroatoms. The lowest BCUT2D eigenvalue weighted by Gasteiger charge is -2.12. The van der Waals surface area contributed by atoms with Crippen molar-refractivity contribution in [2.75, 3.05) is 27.3 Å². The molecule has 2 aromatic rings. The molecule has 0 unspecified atom stereocenters. The number of benzene rings is 1. The molecule has 1 N–H and O–H groups in total. The van der Waals surface area contributed by atoms with Crippen LogP contribution in [-0.4, -0.2) is 42.3 Å². The number of rotatable bonds is 6. The van der Waals surface area contributed by atoms with Gasteiger partial charge in [0.25, 0.3) is 0 Å². The maximum atomic E-state index is 8.89. The van der Waals surface area contributed by atoms with E-state index in [4.69, 9.17) is 9.84 Å². The second kappa shape index (κ2) is 6.65. The molecule has 0 atom stereocenters. The van der Waals surface area contributed by atoms with Crippen molar-refractivity contribution in [3.63, 3.8) is 0 Å². The summed E-state index contributed by atoms with van der Waals surface area (Å²) in [5.41, 5.74) is 2.04. The summed E-state index contributed by atoms with van der Waals surface area (Å²) < 4.78 is 5.35. The molecule has 0 radical (unpaired) electrons. The van der Waals surface area contributed by atoms with E-state index in [2.05, 4.69) is 10.4 Å². The molecule has 102 valence electrons. The van der Waals surface area contributed by atoms with Crippen LogP contribution in [0.1, 0.15) is 5.69 Å². The lowest BCUT2D eigenvalue weighted by atomic mass is 10.2. The van der Waals surface area contributed by atoms with Gasteiger partial charge < -0.3 is 9.84 Å². The van der Waals surface area contributed by atoms with Crippen molar-refractivity contribution < 1.29 is 9.84 Å². The molecule has 0 amide bonds. The summed E-state index contributed by atoms with van der Waals surface area (Å²) in [5.74, 6) is 0.840. The van der Waals surface area contributed by atoms with Crippen LogP contribution in [0.3, 0.4) is 0 Å². The summed E-state index contributed by atoms with van der Waals surface area (Å²) in [6.07, 6.45) is 0. The second-order valence-corrected chi connectivity index (χ2v) is 5.16. The Kier molecular flexibility index (Phi) is 4.90. The molecule has 0 aliphatic heterocycles. The van der Waals surface area contributed by atoms with Gasteiger partial charge in [0.15, 0.2) is 0 Å². The highest BCUT2D eigenvalue weighted by molar-refractivity contribution is 7.13. The van der Waals surface area contributed by atoms with Crippen molar-refractivity contribution in [1.29, 1.82) is 0 Å². The molecule has 19 heavy (non-hydrogen) atoms. The van der Waals surface area contributed by atoms with E-state index in [-0.39, 0.29) is 6.61 Å². The third-order valence-corrected chi connectivity index (χ3v) is 3.73. The van der Waals surface area contributed by atoms with Gasteiger partial charge in [-0.15, -0.1) is 11.3 Å². The van der Waals surface area contributed by atoms with Crippen molar-refractivity contribution >= 4 is 11.3 Å². The van der Waals surface area contributed by atoms with E-state index in [0.717, 1.165) is 28.6 Å². The summed E-state index contributed by atoms with van der Waals surface area (Å²) in [4.78, 5) is 6.67. The fraction of sp³-hybridized carbons (Fsp3) is 0.357. The Bertz CT molecular complexity index is 528. The number of nitrogens with zero attached hydrogens (tertiary/aromatic N) is 2. The standard InChI is InChI=1S/C14H18N2O2S/c1-16(7-8-17)9-11-10-19-14(15-11)12-5-3-4-6-13(12)18-2/h3-6,10,17H,7-9H2,1-2H3. The quantitative estimate of drug-likeness (QED) is 0.880. The van der Waals surface area contributed by atoms with Crippen LogP contribution in [0.5, 0.6) is 5.75 Å². The Labute approximate surface area is 117 Å². The number of aliphatic hydroxyl groups is 1. The minimum Gasteiger partial charge on any atom is -0.496 e. The van der Waals surface area contributed by atoms with Crippen LogP contribution < -0.4 is 4.74 Å². The van der Waals surface area contributed by atoms with Gasteiger partial charge in [0.2, 0.25) is 0 Å². The highest BCUT2D eigenvalue weighted by Gasteiger charge is 2.10. The zero-order valence-electron chi connectivity index (χ0n) is 11.2. The van der Waals surface area contributed by atoms with Gasteiger partial charge in [-0.1, -0.05) is 12.1 Å². The first-order valence-electron chi connectivity index (χ1n) is 6.11. The maximum absolute atomic E-state index is 8.89. The van der Waals surface area contributed by atoms with Crippen molar-refractivity contribution in [2.45, 2.75) is 6.54 Å². The molecule has 1 aromatic heterocycles. The first-order chi connectivity index (χ1) is 9.24. The number of para-hydroxylation sites is 1.